The number of para-hydroxylation sites is 1. The molecule has 2 aromatic carbocycles. The van der Waals surface area contributed by atoms with Crippen LogP contribution >= 0.6 is 27.7 Å². The molecule has 1 heterocycles. The Morgan fingerprint density at radius 3 is 2.56 bits per heavy atom. The van der Waals surface area contributed by atoms with E-state index in [9.17, 15) is 9.59 Å². The Labute approximate surface area is 156 Å². The normalized spacial score (nSPS) is 11.9. The second-order valence-corrected chi connectivity index (χ2v) is 7.46. The highest BCUT2D eigenvalue weighted by Crippen LogP contribution is 2.20. The van der Waals surface area contributed by atoms with Crippen molar-refractivity contribution in [2.24, 2.45) is 0 Å². The van der Waals surface area contributed by atoms with Gasteiger partial charge in [0.05, 0.1) is 5.25 Å². The highest BCUT2D eigenvalue weighted by Gasteiger charge is 2.28. The molecule has 8 heteroatoms. The van der Waals surface area contributed by atoms with Crippen LogP contribution in [0.3, 0.4) is 0 Å². The molecule has 0 radical (unpaired) electrons. The summed E-state index contributed by atoms with van der Waals surface area (Å²) in [6.45, 7) is 1.74. The number of hydrogen-bond acceptors (Lipinski definition) is 4. The van der Waals surface area contributed by atoms with Crippen molar-refractivity contribution in [3.8, 4) is 5.69 Å². The molecule has 2 N–H and O–H groups in total. The molecule has 1 atom stereocenters. The molecule has 3 rings (SSSR count). The molecule has 6 nitrogen and oxygen atoms in total. The number of hydrogen-bond donors (Lipinski definition) is 2. The maximum Gasteiger partial charge on any atom is 0.442 e. The van der Waals surface area contributed by atoms with Gasteiger partial charge in [-0.3, -0.25) is 9.32 Å². The van der Waals surface area contributed by atoms with E-state index in [0.29, 0.717) is 10.7 Å². The number of amides is 1. The van der Waals surface area contributed by atoms with Gasteiger partial charge in [0.1, 0.15) is 0 Å². The van der Waals surface area contributed by atoms with Crippen molar-refractivity contribution >= 4 is 39.3 Å². The van der Waals surface area contributed by atoms with E-state index in [2.05, 4.69) is 26.5 Å². The topological polar surface area (TPSA) is 79.0 Å². The van der Waals surface area contributed by atoms with Gasteiger partial charge in [0, 0.05) is 22.3 Å². The number of nitrogens with zero attached hydrogens (tertiary/aromatic N) is 1. The molecule has 25 heavy (non-hydrogen) atoms. The lowest BCUT2D eigenvalue weighted by atomic mass is 10.3. The lowest BCUT2D eigenvalue weighted by Gasteiger charge is -2.09. The third-order valence-corrected chi connectivity index (χ3v) is 5.06. The van der Waals surface area contributed by atoms with Crippen LogP contribution in [0.5, 0.6) is 0 Å². The van der Waals surface area contributed by atoms with E-state index in [-0.39, 0.29) is 5.91 Å². The lowest BCUT2D eigenvalue weighted by molar-refractivity contribution is -0.704. The van der Waals surface area contributed by atoms with E-state index in [1.165, 1.54) is 4.68 Å². The summed E-state index contributed by atoms with van der Waals surface area (Å²) in [5.74, 6) is -0.201. The van der Waals surface area contributed by atoms with Crippen LogP contribution < -0.4 is 15.6 Å². The van der Waals surface area contributed by atoms with Crippen LogP contribution in [0.1, 0.15) is 6.92 Å². The van der Waals surface area contributed by atoms with E-state index < -0.39 is 10.9 Å². The van der Waals surface area contributed by atoms with E-state index in [1.54, 1.807) is 19.1 Å². The molecule has 0 bridgehead atoms. The van der Waals surface area contributed by atoms with Gasteiger partial charge in [0.2, 0.25) is 11.6 Å². The first-order valence-electron chi connectivity index (χ1n) is 7.46. The first-order valence-corrected chi connectivity index (χ1v) is 9.14. The van der Waals surface area contributed by atoms with E-state index in [1.807, 2.05) is 42.5 Å². The van der Waals surface area contributed by atoms with Gasteiger partial charge < -0.3 is 5.32 Å². The van der Waals surface area contributed by atoms with Crippen molar-refractivity contribution in [3.63, 3.8) is 0 Å². The zero-order valence-corrected chi connectivity index (χ0v) is 15.6. The van der Waals surface area contributed by atoms with Crippen molar-refractivity contribution in [1.82, 2.24) is 5.27 Å². The van der Waals surface area contributed by atoms with Crippen LogP contribution in [-0.4, -0.2) is 16.4 Å². The highest BCUT2D eigenvalue weighted by molar-refractivity contribution is 9.10. The molecule has 0 aliphatic carbocycles. The number of H-pyrrole nitrogens is 1. The summed E-state index contributed by atoms with van der Waals surface area (Å²) in [4.78, 5) is 24.4. The zero-order chi connectivity index (χ0) is 17.8. The highest BCUT2D eigenvalue weighted by atomic mass is 79.9. The van der Waals surface area contributed by atoms with Crippen LogP contribution in [0, 0.1) is 0 Å². The molecule has 1 amide bonds. The summed E-state index contributed by atoms with van der Waals surface area (Å²) in [6.07, 6.45) is 0. The molecule has 1 unspecified atom stereocenters. The van der Waals surface area contributed by atoms with Crippen molar-refractivity contribution in [1.29, 1.82) is 0 Å². The zero-order valence-electron chi connectivity index (χ0n) is 13.2. The predicted molar refractivity (Wildman–Crippen MR) is 99.0 cm³/mol. The van der Waals surface area contributed by atoms with E-state index in [4.69, 9.17) is 4.52 Å². The summed E-state index contributed by atoms with van der Waals surface area (Å²) < 4.78 is 7.34. The smallest absolute Gasteiger partial charge is 0.325 e. The lowest BCUT2D eigenvalue weighted by Crippen LogP contribution is -2.37. The van der Waals surface area contributed by atoms with E-state index >= 15 is 0 Å². The standard InChI is InChI=1S/C17H14BrN3O3S/c1-11(15(22)19-13-9-7-12(18)8-10-13)25-16-17(23)24-20-21(16)14-5-3-2-4-6-14/h2-11H,1H3,(H-,19,20,22,23)/p+1. The van der Waals surface area contributed by atoms with Gasteiger partial charge in [-0.15, -0.1) is 0 Å². The minimum atomic E-state index is -0.517. The minimum Gasteiger partial charge on any atom is -0.325 e. The average Bonchev–Trinajstić information content (AvgIpc) is 2.98. The van der Waals surface area contributed by atoms with Crippen LogP contribution in [0.15, 0.2) is 73.4 Å². The monoisotopic (exact) mass is 420 g/mol. The summed E-state index contributed by atoms with van der Waals surface area (Å²) >= 11 is 4.48. The number of aromatic amines is 1. The molecule has 0 aliphatic heterocycles. The maximum absolute atomic E-state index is 12.4. The number of benzene rings is 2. The van der Waals surface area contributed by atoms with Crippen molar-refractivity contribution in [2.45, 2.75) is 17.2 Å². The maximum atomic E-state index is 12.4. The summed E-state index contributed by atoms with van der Waals surface area (Å²) in [5.41, 5.74) is 0.922. The number of nitrogens with one attached hydrogen (secondary N) is 2. The van der Waals surface area contributed by atoms with Crippen molar-refractivity contribution in [3.05, 3.63) is 69.5 Å². The fraction of sp³-hybridized carbons (Fsp3) is 0.118. The third-order valence-electron chi connectivity index (χ3n) is 3.39. The van der Waals surface area contributed by atoms with Gasteiger partial charge in [-0.2, -0.15) is 0 Å². The van der Waals surface area contributed by atoms with E-state index in [0.717, 1.165) is 21.9 Å². The number of aromatic nitrogens is 2. The SMILES string of the molecule is CC(Sc1c(=O)o[nH][n+]1-c1ccccc1)C(=O)Nc1ccc(Br)cc1. The van der Waals surface area contributed by atoms with Crippen LogP contribution in [0.25, 0.3) is 5.69 Å². The first kappa shape index (κ1) is 17.5. The fourth-order valence-corrected chi connectivity index (χ4v) is 3.26. The Balaban J connectivity index is 1.76. The van der Waals surface area contributed by atoms with Gasteiger partial charge in [-0.05, 0) is 52.9 Å². The first-order chi connectivity index (χ1) is 12.0. The average molecular weight is 421 g/mol. The number of halogens is 1. The Hall–Kier alpha value is -2.32. The summed E-state index contributed by atoms with van der Waals surface area (Å²) in [5, 5.41) is 5.21. The van der Waals surface area contributed by atoms with Crippen LogP contribution in [0.2, 0.25) is 0 Å². The minimum absolute atomic E-state index is 0.201. The van der Waals surface area contributed by atoms with Gasteiger partial charge in [0.25, 0.3) is 0 Å². The molecule has 128 valence electrons. The van der Waals surface area contributed by atoms with Crippen LogP contribution in [0.4, 0.5) is 5.69 Å². The number of rotatable bonds is 5. The van der Waals surface area contributed by atoms with Gasteiger partial charge in [0.15, 0.2) is 0 Å². The molecular weight excluding hydrogens is 406 g/mol. The molecular formula is C17H15BrN3O3S+. The summed E-state index contributed by atoms with van der Waals surface area (Å²) in [6, 6.07) is 16.5. The Bertz CT molecular complexity index is 922. The second kappa shape index (κ2) is 7.71. The largest absolute Gasteiger partial charge is 0.442 e. The second-order valence-electron chi connectivity index (χ2n) is 5.21. The number of carbonyl (C=O) groups is 1. The van der Waals surface area contributed by atoms with Gasteiger partial charge >= 0.3 is 10.7 Å². The Morgan fingerprint density at radius 2 is 1.88 bits per heavy atom. The predicted octanol–water partition coefficient (Wildman–Crippen LogP) is 3.13. The van der Waals surface area contributed by atoms with Gasteiger partial charge in [-0.25, -0.2) is 4.79 Å². The molecule has 0 saturated heterocycles. The third kappa shape index (κ3) is 4.21. The fourth-order valence-electron chi connectivity index (χ4n) is 2.11. The number of carbonyl (C=O) groups excluding carboxylic acids is 1. The van der Waals surface area contributed by atoms with Crippen LogP contribution in [-0.2, 0) is 4.79 Å². The molecule has 0 fully saturated rings. The number of anilines is 1. The Kier molecular flexibility index (Phi) is 5.40. The molecule has 0 saturated carbocycles. The number of thioether (sulfide) groups is 1. The molecule has 3 aromatic rings. The van der Waals surface area contributed by atoms with Crippen molar-refractivity contribution in [2.75, 3.05) is 5.32 Å². The van der Waals surface area contributed by atoms with Crippen molar-refractivity contribution < 1.29 is 14.0 Å². The molecule has 0 aliphatic rings. The Morgan fingerprint density at radius 1 is 1.20 bits per heavy atom. The van der Waals surface area contributed by atoms with Gasteiger partial charge in [-0.1, -0.05) is 34.1 Å². The molecule has 1 aromatic heterocycles. The quantitative estimate of drug-likeness (QED) is 0.490. The summed E-state index contributed by atoms with van der Waals surface area (Å²) in [7, 11) is 0. The molecule has 0 spiro atoms.